The molecule has 2 heterocycles. The van der Waals surface area contributed by atoms with Gasteiger partial charge in [0.25, 0.3) is 5.91 Å². The summed E-state index contributed by atoms with van der Waals surface area (Å²) in [7, 11) is 0. The van der Waals surface area contributed by atoms with Crippen LogP contribution in [-0.2, 0) is 0 Å². The summed E-state index contributed by atoms with van der Waals surface area (Å²) in [5.74, 6) is -0.00442. The number of nitrogens with zero attached hydrogens (tertiary/aromatic N) is 3. The number of para-hydroxylation sites is 1. The first kappa shape index (κ1) is 17.0. The van der Waals surface area contributed by atoms with Gasteiger partial charge in [-0.1, -0.05) is 36.7 Å². The predicted molar refractivity (Wildman–Crippen MR) is 95.1 cm³/mol. The summed E-state index contributed by atoms with van der Waals surface area (Å²) in [6, 6.07) is 9.66. The highest BCUT2D eigenvalue weighted by Crippen LogP contribution is 2.24. The highest BCUT2D eigenvalue weighted by Gasteiger charge is 2.29. The second-order valence-electron chi connectivity index (χ2n) is 6.29. The number of amides is 1. The van der Waals surface area contributed by atoms with Crippen LogP contribution in [0.2, 0.25) is 5.15 Å². The molecule has 1 saturated heterocycles. The molecule has 2 aromatic rings. The minimum atomic E-state index is -0.00442. The van der Waals surface area contributed by atoms with E-state index in [2.05, 4.69) is 12.0 Å². The molecule has 1 aliphatic rings. The molecule has 6 heteroatoms. The molecule has 1 aliphatic heterocycles. The summed E-state index contributed by atoms with van der Waals surface area (Å²) < 4.78 is 1.64. The Morgan fingerprint density at radius 1 is 1.25 bits per heavy atom. The van der Waals surface area contributed by atoms with Gasteiger partial charge >= 0.3 is 0 Å². The number of rotatable bonds is 4. The molecule has 1 aromatic carbocycles. The van der Waals surface area contributed by atoms with Crippen LogP contribution in [0.3, 0.4) is 0 Å². The molecule has 0 unspecified atom stereocenters. The Balaban J connectivity index is 1.80. The van der Waals surface area contributed by atoms with Crippen LogP contribution < -0.4 is 4.90 Å². The van der Waals surface area contributed by atoms with E-state index < -0.39 is 0 Å². The van der Waals surface area contributed by atoms with Crippen LogP contribution in [0, 0.1) is 6.92 Å². The van der Waals surface area contributed by atoms with Crippen molar-refractivity contribution in [2.45, 2.75) is 20.3 Å². The second-order valence-corrected chi connectivity index (χ2v) is 6.65. The number of carbonyl (C=O) groups is 1. The molecule has 24 heavy (non-hydrogen) atoms. The molecule has 0 bridgehead atoms. The average Bonchev–Trinajstić information content (AvgIpc) is 2.90. The first-order valence-electron chi connectivity index (χ1n) is 8.55. The van der Waals surface area contributed by atoms with E-state index in [0.717, 1.165) is 31.9 Å². The summed E-state index contributed by atoms with van der Waals surface area (Å²) in [6.07, 6.45) is 1.18. The second kappa shape index (κ2) is 7.36. The van der Waals surface area contributed by atoms with Crippen molar-refractivity contribution in [3.8, 4) is 5.69 Å². The lowest BCUT2D eigenvalue weighted by Crippen LogP contribution is -3.14. The van der Waals surface area contributed by atoms with Crippen molar-refractivity contribution in [2.24, 2.45) is 0 Å². The van der Waals surface area contributed by atoms with Crippen molar-refractivity contribution >= 4 is 17.5 Å². The number of piperazine rings is 1. The topological polar surface area (TPSA) is 42.6 Å². The fraction of sp³-hybridized carbons (Fsp3) is 0.444. The first-order valence-corrected chi connectivity index (χ1v) is 8.93. The highest BCUT2D eigenvalue weighted by molar-refractivity contribution is 6.33. The average molecular weight is 348 g/mol. The highest BCUT2D eigenvalue weighted by atomic mass is 35.5. The standard InChI is InChI=1S/C18H23ClN4O/c1-3-9-21-10-12-22(13-11-21)18(24)16-14(2)20-23(17(16)19)15-7-5-4-6-8-15/h4-8H,3,9-13H2,1-2H3/p+1. The number of hydrogen-bond donors (Lipinski definition) is 1. The van der Waals surface area contributed by atoms with Gasteiger partial charge in [-0.3, -0.25) is 4.79 Å². The van der Waals surface area contributed by atoms with E-state index in [9.17, 15) is 4.79 Å². The number of quaternary nitrogens is 1. The van der Waals surface area contributed by atoms with Crippen molar-refractivity contribution < 1.29 is 9.69 Å². The summed E-state index contributed by atoms with van der Waals surface area (Å²) in [4.78, 5) is 16.4. The van der Waals surface area contributed by atoms with Gasteiger partial charge in [-0.15, -0.1) is 0 Å². The van der Waals surface area contributed by atoms with Gasteiger partial charge in [-0.05, 0) is 25.5 Å². The van der Waals surface area contributed by atoms with Gasteiger partial charge in [0.1, 0.15) is 5.15 Å². The minimum Gasteiger partial charge on any atom is -0.332 e. The zero-order chi connectivity index (χ0) is 17.1. The number of carbonyl (C=O) groups excluding carboxylic acids is 1. The van der Waals surface area contributed by atoms with Crippen LogP contribution in [0.15, 0.2) is 30.3 Å². The number of hydrogen-bond acceptors (Lipinski definition) is 2. The molecule has 5 nitrogen and oxygen atoms in total. The zero-order valence-corrected chi connectivity index (χ0v) is 15.0. The number of halogens is 1. The molecule has 3 rings (SSSR count). The SMILES string of the molecule is CCC[NH+]1CCN(C(=O)c2c(C)nn(-c3ccccc3)c2Cl)CC1. The van der Waals surface area contributed by atoms with Gasteiger partial charge in [0.15, 0.2) is 0 Å². The molecule has 0 radical (unpaired) electrons. The van der Waals surface area contributed by atoms with Gasteiger partial charge in [-0.25, -0.2) is 4.68 Å². The van der Waals surface area contributed by atoms with Gasteiger partial charge in [-0.2, -0.15) is 5.10 Å². The van der Waals surface area contributed by atoms with Crippen LogP contribution in [0.4, 0.5) is 0 Å². The maximum Gasteiger partial charge on any atom is 0.259 e. The Hall–Kier alpha value is -1.85. The number of aromatic nitrogens is 2. The van der Waals surface area contributed by atoms with E-state index in [-0.39, 0.29) is 5.91 Å². The van der Waals surface area contributed by atoms with E-state index in [4.69, 9.17) is 11.6 Å². The minimum absolute atomic E-state index is 0.00442. The molecule has 128 valence electrons. The monoisotopic (exact) mass is 347 g/mol. The molecule has 0 spiro atoms. The number of benzene rings is 1. The predicted octanol–water partition coefficient (Wildman–Crippen LogP) is 1.58. The summed E-state index contributed by atoms with van der Waals surface area (Å²) in [6.45, 7) is 8.78. The number of aryl methyl sites for hydroxylation is 1. The quantitative estimate of drug-likeness (QED) is 0.912. The third kappa shape index (κ3) is 3.32. The van der Waals surface area contributed by atoms with E-state index in [1.165, 1.54) is 13.0 Å². The Morgan fingerprint density at radius 2 is 1.92 bits per heavy atom. The Bertz CT molecular complexity index is 705. The fourth-order valence-electron chi connectivity index (χ4n) is 3.27. The first-order chi connectivity index (χ1) is 11.6. The zero-order valence-electron chi connectivity index (χ0n) is 14.3. The summed E-state index contributed by atoms with van der Waals surface area (Å²) >= 11 is 6.50. The van der Waals surface area contributed by atoms with Crippen LogP contribution in [-0.4, -0.2) is 53.3 Å². The van der Waals surface area contributed by atoms with E-state index in [1.807, 2.05) is 42.2 Å². The van der Waals surface area contributed by atoms with Gasteiger partial charge in [0.05, 0.1) is 49.7 Å². The van der Waals surface area contributed by atoms with Gasteiger partial charge in [0.2, 0.25) is 0 Å². The Morgan fingerprint density at radius 3 is 2.54 bits per heavy atom. The maximum atomic E-state index is 12.9. The van der Waals surface area contributed by atoms with Crippen molar-refractivity contribution in [1.29, 1.82) is 0 Å². The molecule has 0 saturated carbocycles. The van der Waals surface area contributed by atoms with Crippen molar-refractivity contribution in [3.05, 3.63) is 46.7 Å². The van der Waals surface area contributed by atoms with Crippen molar-refractivity contribution in [3.63, 3.8) is 0 Å². The van der Waals surface area contributed by atoms with E-state index in [0.29, 0.717) is 16.4 Å². The van der Waals surface area contributed by atoms with Gasteiger partial charge < -0.3 is 9.80 Å². The van der Waals surface area contributed by atoms with E-state index >= 15 is 0 Å². The molecule has 0 atom stereocenters. The normalized spacial score (nSPS) is 15.7. The van der Waals surface area contributed by atoms with Gasteiger partial charge in [0, 0.05) is 0 Å². The fourth-order valence-corrected chi connectivity index (χ4v) is 3.62. The van der Waals surface area contributed by atoms with Crippen LogP contribution in [0.1, 0.15) is 29.4 Å². The maximum absolute atomic E-state index is 12.9. The van der Waals surface area contributed by atoms with Crippen molar-refractivity contribution in [1.82, 2.24) is 14.7 Å². The molecular weight excluding hydrogens is 324 g/mol. The van der Waals surface area contributed by atoms with Crippen LogP contribution >= 0.6 is 11.6 Å². The lowest BCUT2D eigenvalue weighted by Gasteiger charge is -2.32. The molecular formula is C18H24ClN4O+. The van der Waals surface area contributed by atoms with Crippen molar-refractivity contribution in [2.75, 3.05) is 32.7 Å². The third-order valence-electron chi connectivity index (χ3n) is 4.58. The number of nitrogens with one attached hydrogen (secondary N) is 1. The molecule has 1 amide bonds. The molecule has 0 aliphatic carbocycles. The smallest absolute Gasteiger partial charge is 0.259 e. The third-order valence-corrected chi connectivity index (χ3v) is 4.93. The van der Waals surface area contributed by atoms with E-state index in [1.54, 1.807) is 9.58 Å². The lowest BCUT2D eigenvalue weighted by atomic mass is 10.2. The summed E-state index contributed by atoms with van der Waals surface area (Å²) in [5.41, 5.74) is 2.07. The Labute approximate surface area is 147 Å². The molecule has 1 aromatic heterocycles. The Kier molecular flexibility index (Phi) is 5.21. The molecule has 1 N–H and O–H groups in total. The largest absolute Gasteiger partial charge is 0.332 e. The summed E-state index contributed by atoms with van der Waals surface area (Å²) in [5, 5.41) is 4.87. The van der Waals surface area contributed by atoms with Crippen LogP contribution in [0.5, 0.6) is 0 Å². The molecule has 1 fully saturated rings. The lowest BCUT2D eigenvalue weighted by molar-refractivity contribution is -0.904. The van der Waals surface area contributed by atoms with Crippen LogP contribution in [0.25, 0.3) is 5.69 Å².